The molecule has 2 aromatic carbocycles. The Bertz CT molecular complexity index is 1230. The van der Waals surface area contributed by atoms with Gasteiger partial charge in [-0.1, -0.05) is 23.9 Å². The summed E-state index contributed by atoms with van der Waals surface area (Å²) in [6.45, 7) is 1.06. The molecular weight excluding hydrogens is 434 g/mol. The zero-order valence-corrected chi connectivity index (χ0v) is 17.9. The summed E-state index contributed by atoms with van der Waals surface area (Å²) in [5.41, 5.74) is 2.44. The van der Waals surface area contributed by atoms with Crippen LogP contribution in [0.5, 0.6) is 11.5 Å². The van der Waals surface area contributed by atoms with Gasteiger partial charge in [0.1, 0.15) is 13.2 Å². The molecular formula is C22H17N3O4S2. The van der Waals surface area contributed by atoms with Gasteiger partial charge >= 0.3 is 0 Å². The van der Waals surface area contributed by atoms with E-state index in [-0.39, 0.29) is 11.8 Å². The quantitative estimate of drug-likeness (QED) is 0.644. The number of carbonyl (C=O) groups excluding carboxylic acids is 2. The second kappa shape index (κ2) is 7.00. The molecule has 9 heteroatoms. The maximum Gasteiger partial charge on any atom is 0.263 e. The van der Waals surface area contributed by atoms with E-state index in [0.29, 0.717) is 36.9 Å². The summed E-state index contributed by atoms with van der Waals surface area (Å²) in [7, 11) is 0. The molecule has 31 heavy (non-hydrogen) atoms. The molecule has 1 N–H and O–H groups in total. The Labute approximate surface area is 186 Å². The number of hydrogen-bond donors (Lipinski definition) is 1. The fourth-order valence-corrected chi connectivity index (χ4v) is 6.29. The van der Waals surface area contributed by atoms with Crippen LogP contribution in [0, 0.1) is 0 Å². The summed E-state index contributed by atoms with van der Waals surface area (Å²) in [4.78, 5) is 32.2. The van der Waals surface area contributed by atoms with Gasteiger partial charge in [-0.25, -0.2) is 4.98 Å². The number of thiazole rings is 1. The van der Waals surface area contributed by atoms with Gasteiger partial charge in [-0.2, -0.15) is 0 Å². The van der Waals surface area contributed by atoms with Crippen LogP contribution in [0.15, 0.2) is 52.7 Å². The average Bonchev–Trinajstić information content (AvgIpc) is 3.48. The van der Waals surface area contributed by atoms with Gasteiger partial charge in [0.05, 0.1) is 11.4 Å². The second-order valence-electron chi connectivity index (χ2n) is 7.43. The zero-order chi connectivity index (χ0) is 21.0. The third kappa shape index (κ3) is 2.91. The molecule has 156 valence electrons. The lowest BCUT2D eigenvalue weighted by atomic mass is 10.1. The van der Waals surface area contributed by atoms with Crippen molar-refractivity contribution in [2.75, 3.05) is 23.4 Å². The standard InChI is InChI=1S/C22H17N3O4S2/c26-19-7-8-22(25(19)15-3-1-2-4-18(15)31-22)20(27)24-21-23-14(12-30-21)13-5-6-16-17(11-13)29-10-9-28-16/h1-6,11-12H,7-10H2,(H,23,24,27). The van der Waals surface area contributed by atoms with E-state index in [1.807, 2.05) is 47.8 Å². The number of hydrogen-bond acceptors (Lipinski definition) is 7. The first-order chi connectivity index (χ1) is 15.1. The first-order valence-corrected chi connectivity index (χ1v) is 11.6. The maximum atomic E-state index is 13.4. The Morgan fingerprint density at radius 2 is 1.97 bits per heavy atom. The molecule has 4 heterocycles. The monoisotopic (exact) mass is 451 g/mol. The molecule has 7 nitrogen and oxygen atoms in total. The van der Waals surface area contributed by atoms with Gasteiger partial charge in [0.25, 0.3) is 5.91 Å². The predicted molar refractivity (Wildman–Crippen MR) is 119 cm³/mol. The summed E-state index contributed by atoms with van der Waals surface area (Å²) in [6, 6.07) is 13.3. The fraction of sp³-hybridized carbons (Fsp3) is 0.227. The van der Waals surface area contributed by atoms with Gasteiger partial charge in [0.15, 0.2) is 21.5 Å². The first-order valence-electron chi connectivity index (χ1n) is 9.92. The number of carbonyl (C=O) groups is 2. The number of para-hydroxylation sites is 1. The van der Waals surface area contributed by atoms with Gasteiger partial charge in [0.2, 0.25) is 5.91 Å². The molecule has 0 radical (unpaired) electrons. The highest BCUT2D eigenvalue weighted by Crippen LogP contribution is 2.56. The van der Waals surface area contributed by atoms with Crippen molar-refractivity contribution in [3.05, 3.63) is 47.8 Å². The summed E-state index contributed by atoms with van der Waals surface area (Å²) in [5.74, 6) is 1.18. The van der Waals surface area contributed by atoms with Gasteiger partial charge in [-0.3, -0.25) is 19.8 Å². The molecule has 0 aliphatic carbocycles. The number of aromatic nitrogens is 1. The number of thioether (sulfide) groups is 1. The van der Waals surface area contributed by atoms with Crippen LogP contribution in [0.1, 0.15) is 12.8 Å². The van der Waals surface area contributed by atoms with E-state index < -0.39 is 4.87 Å². The van der Waals surface area contributed by atoms with Gasteiger partial charge < -0.3 is 9.47 Å². The number of nitrogens with one attached hydrogen (secondary N) is 1. The van der Waals surface area contributed by atoms with Crippen molar-refractivity contribution < 1.29 is 19.1 Å². The normalized spacial score (nSPS) is 21.0. The highest BCUT2D eigenvalue weighted by atomic mass is 32.2. The molecule has 2 amide bonds. The van der Waals surface area contributed by atoms with Gasteiger partial charge in [-0.15, -0.1) is 11.3 Å². The Morgan fingerprint density at radius 1 is 1.13 bits per heavy atom. The van der Waals surface area contributed by atoms with E-state index in [2.05, 4.69) is 10.3 Å². The number of rotatable bonds is 3. The third-order valence-corrected chi connectivity index (χ3v) is 7.82. The molecule has 3 aliphatic rings. The Balaban J connectivity index is 1.26. The number of nitrogens with zero attached hydrogens (tertiary/aromatic N) is 2. The smallest absolute Gasteiger partial charge is 0.263 e. The fourth-order valence-electron chi connectivity index (χ4n) is 4.16. The zero-order valence-electron chi connectivity index (χ0n) is 16.3. The third-order valence-electron chi connectivity index (χ3n) is 5.59. The van der Waals surface area contributed by atoms with Crippen LogP contribution in [-0.2, 0) is 9.59 Å². The van der Waals surface area contributed by atoms with Crippen LogP contribution in [0.25, 0.3) is 11.3 Å². The lowest BCUT2D eigenvalue weighted by molar-refractivity contribution is -0.121. The Hall–Kier alpha value is -3.04. The lowest BCUT2D eigenvalue weighted by Crippen LogP contribution is -2.49. The minimum Gasteiger partial charge on any atom is -0.486 e. The topological polar surface area (TPSA) is 80.8 Å². The van der Waals surface area contributed by atoms with Crippen molar-refractivity contribution in [3.63, 3.8) is 0 Å². The van der Waals surface area contributed by atoms with Crippen LogP contribution in [0.4, 0.5) is 10.8 Å². The largest absolute Gasteiger partial charge is 0.486 e. The van der Waals surface area contributed by atoms with E-state index in [1.165, 1.54) is 23.1 Å². The van der Waals surface area contributed by atoms with Crippen LogP contribution >= 0.6 is 23.1 Å². The highest BCUT2D eigenvalue weighted by molar-refractivity contribution is 8.02. The van der Waals surface area contributed by atoms with Crippen molar-refractivity contribution in [3.8, 4) is 22.8 Å². The van der Waals surface area contributed by atoms with Crippen molar-refractivity contribution >= 4 is 45.7 Å². The number of fused-ring (bicyclic) bond motifs is 4. The number of ether oxygens (including phenoxy) is 2. The van der Waals surface area contributed by atoms with Crippen molar-refractivity contribution in [1.29, 1.82) is 0 Å². The second-order valence-corrected chi connectivity index (χ2v) is 9.61. The van der Waals surface area contributed by atoms with E-state index in [4.69, 9.17) is 9.47 Å². The SMILES string of the molecule is O=C1CCC2(C(=O)Nc3nc(-c4ccc5c(c4)OCCO5)cs3)Sc3ccccc3N12. The summed E-state index contributed by atoms with van der Waals surface area (Å²) in [6.07, 6.45) is 0.826. The minimum atomic E-state index is -0.955. The van der Waals surface area contributed by atoms with Crippen LogP contribution in [0.3, 0.4) is 0 Å². The molecule has 1 saturated heterocycles. The summed E-state index contributed by atoms with van der Waals surface area (Å²) < 4.78 is 11.2. The molecule has 6 rings (SSSR count). The average molecular weight is 452 g/mol. The Kier molecular flexibility index (Phi) is 4.22. The summed E-state index contributed by atoms with van der Waals surface area (Å²) in [5, 5.41) is 5.35. The minimum absolute atomic E-state index is 0.0243. The van der Waals surface area contributed by atoms with Crippen LogP contribution in [0.2, 0.25) is 0 Å². The predicted octanol–water partition coefficient (Wildman–Crippen LogP) is 4.15. The molecule has 0 saturated carbocycles. The van der Waals surface area contributed by atoms with Crippen LogP contribution in [-0.4, -0.2) is 34.9 Å². The summed E-state index contributed by atoms with van der Waals surface area (Å²) >= 11 is 2.80. The van der Waals surface area contributed by atoms with E-state index in [9.17, 15) is 9.59 Å². The van der Waals surface area contributed by atoms with E-state index >= 15 is 0 Å². The van der Waals surface area contributed by atoms with E-state index in [1.54, 1.807) is 4.90 Å². The number of anilines is 2. The molecule has 1 unspecified atom stereocenters. The van der Waals surface area contributed by atoms with Crippen molar-refractivity contribution in [2.45, 2.75) is 22.6 Å². The number of amides is 2. The van der Waals surface area contributed by atoms with Crippen molar-refractivity contribution in [1.82, 2.24) is 4.98 Å². The lowest BCUT2D eigenvalue weighted by Gasteiger charge is -2.29. The Morgan fingerprint density at radius 3 is 2.87 bits per heavy atom. The molecule has 0 spiro atoms. The molecule has 1 atom stereocenters. The number of benzene rings is 2. The van der Waals surface area contributed by atoms with Gasteiger partial charge in [-0.05, 0) is 36.8 Å². The van der Waals surface area contributed by atoms with Crippen LogP contribution < -0.4 is 19.7 Å². The van der Waals surface area contributed by atoms with E-state index in [0.717, 1.165) is 27.6 Å². The van der Waals surface area contributed by atoms with Crippen molar-refractivity contribution in [2.24, 2.45) is 0 Å². The maximum absolute atomic E-state index is 13.4. The highest BCUT2D eigenvalue weighted by Gasteiger charge is 2.57. The molecule has 3 aromatic rings. The molecule has 0 bridgehead atoms. The molecule has 3 aliphatic heterocycles. The molecule has 1 fully saturated rings. The first kappa shape index (κ1) is 18.7. The molecule has 1 aromatic heterocycles. The van der Waals surface area contributed by atoms with Gasteiger partial charge in [0, 0.05) is 22.3 Å².